The Hall–Kier alpha value is -2.11. The maximum atomic E-state index is 5.87. The van der Waals surface area contributed by atoms with Crippen molar-refractivity contribution in [2.75, 3.05) is 14.2 Å². The number of methoxy groups -OCH3 is 2. The molecule has 0 aliphatic heterocycles. The average molecular weight is 341 g/mol. The van der Waals surface area contributed by atoms with Gasteiger partial charge in [0.15, 0.2) is 0 Å². The molecule has 1 aliphatic rings. The number of ether oxygens (including phenoxy) is 2. The number of nitrogens with zero attached hydrogens (tertiary/aromatic N) is 1. The molecule has 5 nitrogen and oxygen atoms in total. The highest BCUT2D eigenvalue weighted by Crippen LogP contribution is 2.32. The Bertz CT molecular complexity index is 776. The van der Waals surface area contributed by atoms with Crippen molar-refractivity contribution >= 4 is 16.6 Å². The minimum Gasteiger partial charge on any atom is -0.481 e. The number of nitrogens with two attached hydrogens (primary N) is 1. The van der Waals surface area contributed by atoms with Crippen molar-refractivity contribution in [3.8, 4) is 5.88 Å². The molecule has 1 heterocycles. The summed E-state index contributed by atoms with van der Waals surface area (Å²) in [4.78, 5) is 4.62. The first kappa shape index (κ1) is 17.7. The van der Waals surface area contributed by atoms with Crippen LogP contribution < -0.4 is 16.0 Å². The predicted octanol–water partition coefficient (Wildman–Crippen LogP) is 3.57. The number of pyridine rings is 1. The van der Waals surface area contributed by atoms with Crippen LogP contribution in [0.1, 0.15) is 43.7 Å². The first-order valence-electron chi connectivity index (χ1n) is 8.89. The first-order valence-corrected chi connectivity index (χ1v) is 8.89. The van der Waals surface area contributed by atoms with E-state index in [0.717, 1.165) is 59.8 Å². The summed E-state index contributed by atoms with van der Waals surface area (Å²) in [6.45, 7) is 2.11. The van der Waals surface area contributed by atoms with Crippen molar-refractivity contribution in [2.45, 2.75) is 45.1 Å². The number of allylic oxidation sites excluding steroid dienone is 1. The van der Waals surface area contributed by atoms with E-state index in [0.29, 0.717) is 12.0 Å². The lowest BCUT2D eigenvalue weighted by Gasteiger charge is -2.25. The number of benzene rings is 1. The van der Waals surface area contributed by atoms with Crippen LogP contribution in [-0.2, 0) is 11.2 Å². The summed E-state index contributed by atoms with van der Waals surface area (Å²) >= 11 is 0. The molecule has 134 valence electrons. The van der Waals surface area contributed by atoms with Gasteiger partial charge in [-0.2, -0.15) is 0 Å². The molecule has 1 saturated carbocycles. The van der Waals surface area contributed by atoms with Gasteiger partial charge < -0.3 is 14.9 Å². The van der Waals surface area contributed by atoms with E-state index < -0.39 is 0 Å². The van der Waals surface area contributed by atoms with E-state index in [1.807, 2.05) is 6.07 Å². The van der Waals surface area contributed by atoms with Gasteiger partial charge in [-0.25, -0.2) is 4.98 Å². The molecule has 3 N–H and O–H groups in total. The second-order valence-corrected chi connectivity index (χ2v) is 6.48. The Balaban J connectivity index is 1.99. The molecular weight excluding hydrogens is 314 g/mol. The second kappa shape index (κ2) is 7.85. The molecule has 25 heavy (non-hydrogen) atoms. The van der Waals surface area contributed by atoms with Gasteiger partial charge in [0.2, 0.25) is 5.88 Å². The highest BCUT2D eigenvalue weighted by molar-refractivity contribution is 5.84. The largest absolute Gasteiger partial charge is 0.481 e. The van der Waals surface area contributed by atoms with Crippen molar-refractivity contribution in [1.82, 2.24) is 10.4 Å². The third-order valence-electron chi connectivity index (χ3n) is 5.08. The molecule has 1 fully saturated rings. The van der Waals surface area contributed by atoms with Gasteiger partial charge in [-0.1, -0.05) is 13.0 Å². The fourth-order valence-corrected chi connectivity index (χ4v) is 3.60. The van der Waals surface area contributed by atoms with Crippen LogP contribution in [0.15, 0.2) is 29.8 Å². The quantitative estimate of drug-likeness (QED) is 0.643. The van der Waals surface area contributed by atoms with E-state index in [-0.39, 0.29) is 0 Å². The number of fused-ring (bicyclic) bond motifs is 1. The van der Waals surface area contributed by atoms with Gasteiger partial charge in [0.1, 0.15) is 0 Å². The van der Waals surface area contributed by atoms with Gasteiger partial charge >= 0.3 is 0 Å². The lowest BCUT2D eigenvalue weighted by molar-refractivity contribution is 0.0802. The molecule has 3 rings (SSSR count). The van der Waals surface area contributed by atoms with Gasteiger partial charge in [0.25, 0.3) is 0 Å². The van der Waals surface area contributed by atoms with Gasteiger partial charge in [0, 0.05) is 18.1 Å². The van der Waals surface area contributed by atoms with E-state index >= 15 is 0 Å². The number of hydrogen-bond acceptors (Lipinski definition) is 5. The van der Waals surface area contributed by atoms with Crippen LogP contribution in [0.3, 0.4) is 0 Å². The zero-order chi connectivity index (χ0) is 17.8. The topological polar surface area (TPSA) is 69.4 Å². The molecule has 0 unspecified atom stereocenters. The zero-order valence-corrected chi connectivity index (χ0v) is 15.3. The van der Waals surface area contributed by atoms with E-state index in [1.54, 1.807) is 14.2 Å². The van der Waals surface area contributed by atoms with Crippen LogP contribution in [0.25, 0.3) is 16.6 Å². The summed E-state index contributed by atoms with van der Waals surface area (Å²) in [6.07, 6.45) is 5.36. The summed E-state index contributed by atoms with van der Waals surface area (Å²) < 4.78 is 10.9. The monoisotopic (exact) mass is 341 g/mol. The summed E-state index contributed by atoms with van der Waals surface area (Å²) in [7, 11) is 3.45. The van der Waals surface area contributed by atoms with E-state index in [9.17, 15) is 0 Å². The molecule has 2 aromatic rings. The molecule has 1 aliphatic carbocycles. The number of aromatic nitrogens is 1. The third kappa shape index (κ3) is 3.62. The Morgan fingerprint density at radius 3 is 2.60 bits per heavy atom. The van der Waals surface area contributed by atoms with Crippen molar-refractivity contribution in [2.24, 2.45) is 5.84 Å². The minimum atomic E-state index is 0.364. The lowest BCUT2D eigenvalue weighted by atomic mass is 9.89. The Kier molecular flexibility index (Phi) is 5.56. The van der Waals surface area contributed by atoms with Crippen LogP contribution in [-0.4, -0.2) is 25.3 Å². The molecule has 0 radical (unpaired) electrons. The zero-order valence-electron chi connectivity index (χ0n) is 15.3. The van der Waals surface area contributed by atoms with E-state index in [1.165, 1.54) is 5.57 Å². The van der Waals surface area contributed by atoms with Gasteiger partial charge in [-0.3, -0.25) is 5.84 Å². The maximum absolute atomic E-state index is 5.87. The highest BCUT2D eigenvalue weighted by atomic mass is 16.5. The Morgan fingerprint density at radius 1 is 1.24 bits per heavy atom. The molecule has 1 aromatic heterocycles. The van der Waals surface area contributed by atoms with Crippen LogP contribution in [0.2, 0.25) is 0 Å². The second-order valence-electron chi connectivity index (χ2n) is 6.48. The van der Waals surface area contributed by atoms with Crippen molar-refractivity contribution < 1.29 is 9.47 Å². The maximum Gasteiger partial charge on any atom is 0.216 e. The van der Waals surface area contributed by atoms with Gasteiger partial charge in [0.05, 0.1) is 24.4 Å². The molecule has 0 atom stereocenters. The molecule has 0 spiro atoms. The number of nitrogens with one attached hydrogen (secondary N) is 1. The van der Waals surface area contributed by atoms with Crippen molar-refractivity contribution in [1.29, 1.82) is 0 Å². The number of hydrazine groups is 1. The van der Waals surface area contributed by atoms with Crippen LogP contribution in [0.5, 0.6) is 5.88 Å². The third-order valence-corrected chi connectivity index (χ3v) is 5.08. The smallest absolute Gasteiger partial charge is 0.216 e. The van der Waals surface area contributed by atoms with Gasteiger partial charge in [-0.05, 0) is 61.4 Å². The average Bonchev–Trinajstić information content (AvgIpc) is 2.67. The molecule has 5 heteroatoms. The summed E-state index contributed by atoms with van der Waals surface area (Å²) in [6, 6.07) is 8.42. The van der Waals surface area contributed by atoms with Crippen LogP contribution in [0.4, 0.5) is 0 Å². The normalized spacial score (nSPS) is 17.6. The van der Waals surface area contributed by atoms with Crippen molar-refractivity contribution in [3.05, 3.63) is 41.0 Å². The fourth-order valence-electron chi connectivity index (χ4n) is 3.60. The summed E-state index contributed by atoms with van der Waals surface area (Å²) in [5.41, 5.74) is 8.48. The molecule has 0 bridgehead atoms. The SMILES string of the molecule is CCc1cc2cc(C(NN)=C3CCC(OC)CC3)ccc2nc1OC. The highest BCUT2D eigenvalue weighted by Gasteiger charge is 2.19. The van der Waals surface area contributed by atoms with E-state index in [4.69, 9.17) is 15.3 Å². The predicted molar refractivity (Wildman–Crippen MR) is 101 cm³/mol. The molecule has 1 aromatic carbocycles. The number of hydrogen-bond donors (Lipinski definition) is 2. The summed E-state index contributed by atoms with van der Waals surface area (Å²) in [5, 5.41) is 1.11. The van der Waals surface area contributed by atoms with Crippen molar-refractivity contribution in [3.63, 3.8) is 0 Å². The van der Waals surface area contributed by atoms with Gasteiger partial charge in [-0.15, -0.1) is 0 Å². The summed E-state index contributed by atoms with van der Waals surface area (Å²) in [5.74, 6) is 6.58. The van der Waals surface area contributed by atoms with Crippen LogP contribution >= 0.6 is 0 Å². The molecule has 0 saturated heterocycles. The van der Waals surface area contributed by atoms with E-state index in [2.05, 4.69) is 35.5 Å². The lowest BCUT2D eigenvalue weighted by Crippen LogP contribution is -2.24. The number of rotatable bonds is 5. The number of aryl methyl sites for hydroxylation is 1. The molecular formula is C20H27N3O2. The fraction of sp³-hybridized carbons (Fsp3) is 0.450. The standard InChI is InChI=1S/C20H27N3O2/c1-4-13-11-16-12-15(7-10-18(16)22-20(13)25-3)19(23-21)14-5-8-17(24-2)9-6-14/h7,10-12,17,23H,4-6,8-9,21H2,1-3H3. The Morgan fingerprint density at radius 2 is 2.00 bits per heavy atom. The van der Waals surface area contributed by atoms with Crippen LogP contribution in [0, 0.1) is 0 Å². The first-order chi connectivity index (χ1) is 12.2. The minimum absolute atomic E-state index is 0.364. The molecule has 0 amide bonds. The Labute approximate surface area is 149 Å².